The molecule has 0 bridgehead atoms. The third-order valence-electron chi connectivity index (χ3n) is 2.57. The number of hydrogen-bond donors (Lipinski definition) is 2. The van der Waals surface area contributed by atoms with Gasteiger partial charge in [0.15, 0.2) is 5.69 Å². The van der Waals surface area contributed by atoms with Gasteiger partial charge < -0.3 is 10.4 Å². The van der Waals surface area contributed by atoms with Gasteiger partial charge in [0.2, 0.25) is 0 Å². The SMILES string of the molecule is O=C(O)NCc1cc(C(F)(F)F)nn1-c1ccc(F)cc1. The predicted octanol–water partition coefficient (Wildman–Crippen LogP) is 2.80. The first-order valence-electron chi connectivity index (χ1n) is 5.66. The molecule has 112 valence electrons. The van der Waals surface area contributed by atoms with Crippen molar-refractivity contribution >= 4 is 6.09 Å². The number of benzene rings is 1. The van der Waals surface area contributed by atoms with E-state index < -0.39 is 23.8 Å². The first-order valence-corrected chi connectivity index (χ1v) is 5.66. The summed E-state index contributed by atoms with van der Waals surface area (Å²) >= 11 is 0. The molecule has 0 atom stereocenters. The maximum atomic E-state index is 12.9. The molecule has 0 radical (unpaired) electrons. The number of carbonyl (C=O) groups is 1. The standard InChI is InChI=1S/C12H9F4N3O2/c13-7-1-3-8(4-2-7)19-9(6-17-11(20)21)5-10(18-19)12(14,15)16/h1-5,17H,6H2,(H,20,21). The largest absolute Gasteiger partial charge is 0.465 e. The second kappa shape index (κ2) is 5.43. The van der Waals surface area contributed by atoms with Crippen molar-refractivity contribution in [1.29, 1.82) is 0 Å². The summed E-state index contributed by atoms with van der Waals surface area (Å²) in [6.45, 7) is -0.365. The lowest BCUT2D eigenvalue weighted by Crippen LogP contribution is -2.21. The average molecular weight is 303 g/mol. The summed E-state index contributed by atoms with van der Waals surface area (Å²) < 4.78 is 51.8. The van der Waals surface area contributed by atoms with Crippen molar-refractivity contribution in [2.75, 3.05) is 0 Å². The number of halogens is 4. The molecule has 1 aromatic carbocycles. The molecule has 0 fully saturated rings. The van der Waals surface area contributed by atoms with Crippen molar-refractivity contribution in [3.63, 3.8) is 0 Å². The molecule has 9 heteroatoms. The zero-order chi connectivity index (χ0) is 15.6. The Labute approximate surface area is 115 Å². The fourth-order valence-electron chi connectivity index (χ4n) is 1.66. The van der Waals surface area contributed by atoms with Gasteiger partial charge in [0.25, 0.3) is 0 Å². The first kappa shape index (κ1) is 14.8. The van der Waals surface area contributed by atoms with E-state index in [1.165, 1.54) is 12.1 Å². The molecule has 0 aliphatic rings. The smallest absolute Gasteiger partial charge is 0.435 e. The van der Waals surface area contributed by atoms with Gasteiger partial charge in [-0.2, -0.15) is 18.3 Å². The minimum Gasteiger partial charge on any atom is -0.465 e. The highest BCUT2D eigenvalue weighted by Gasteiger charge is 2.35. The summed E-state index contributed by atoms with van der Waals surface area (Å²) in [4.78, 5) is 10.5. The molecule has 1 amide bonds. The zero-order valence-corrected chi connectivity index (χ0v) is 10.4. The van der Waals surface area contributed by atoms with Crippen molar-refractivity contribution < 1.29 is 27.5 Å². The number of carboxylic acid groups (broad SMARTS) is 1. The molecule has 0 aliphatic carbocycles. The molecule has 0 saturated heterocycles. The predicted molar refractivity (Wildman–Crippen MR) is 63.4 cm³/mol. The number of amides is 1. The second-order valence-corrected chi connectivity index (χ2v) is 4.07. The van der Waals surface area contributed by atoms with Gasteiger partial charge in [-0.25, -0.2) is 13.9 Å². The number of alkyl halides is 3. The van der Waals surface area contributed by atoms with Gasteiger partial charge in [0, 0.05) is 0 Å². The Bertz CT molecular complexity index is 650. The van der Waals surface area contributed by atoms with E-state index in [1.54, 1.807) is 0 Å². The molecule has 0 saturated carbocycles. The van der Waals surface area contributed by atoms with Crippen LogP contribution in [-0.4, -0.2) is 21.0 Å². The lowest BCUT2D eigenvalue weighted by atomic mass is 10.3. The second-order valence-electron chi connectivity index (χ2n) is 4.07. The van der Waals surface area contributed by atoms with Crippen molar-refractivity contribution in [2.24, 2.45) is 0 Å². The van der Waals surface area contributed by atoms with Crippen LogP contribution in [0.2, 0.25) is 0 Å². The molecular weight excluding hydrogens is 294 g/mol. The van der Waals surface area contributed by atoms with Crippen LogP contribution in [0, 0.1) is 5.82 Å². The molecule has 2 rings (SSSR count). The number of nitrogens with zero attached hydrogens (tertiary/aromatic N) is 2. The van der Waals surface area contributed by atoms with Crippen molar-refractivity contribution in [3.8, 4) is 5.69 Å². The molecule has 2 N–H and O–H groups in total. The minimum absolute atomic E-state index is 0.0173. The van der Waals surface area contributed by atoms with E-state index in [4.69, 9.17) is 5.11 Å². The number of rotatable bonds is 3. The zero-order valence-electron chi connectivity index (χ0n) is 10.4. The summed E-state index contributed by atoms with van der Waals surface area (Å²) in [5, 5.41) is 13.9. The Morgan fingerprint density at radius 1 is 1.29 bits per heavy atom. The van der Waals surface area contributed by atoms with Crippen LogP contribution in [0.4, 0.5) is 22.4 Å². The maximum Gasteiger partial charge on any atom is 0.435 e. The Kier molecular flexibility index (Phi) is 3.83. The van der Waals surface area contributed by atoms with E-state index in [0.29, 0.717) is 0 Å². The van der Waals surface area contributed by atoms with E-state index >= 15 is 0 Å². The van der Waals surface area contributed by atoms with Crippen LogP contribution in [0.3, 0.4) is 0 Å². The molecule has 0 aliphatic heterocycles. The average Bonchev–Trinajstić information content (AvgIpc) is 2.81. The number of nitrogens with one attached hydrogen (secondary N) is 1. The van der Waals surface area contributed by atoms with Crippen LogP contribution in [0.1, 0.15) is 11.4 Å². The highest BCUT2D eigenvalue weighted by molar-refractivity contribution is 5.64. The minimum atomic E-state index is -4.66. The molecule has 1 aromatic heterocycles. The van der Waals surface area contributed by atoms with Crippen LogP contribution >= 0.6 is 0 Å². The normalized spacial score (nSPS) is 11.4. The number of hydrogen-bond acceptors (Lipinski definition) is 2. The van der Waals surface area contributed by atoms with E-state index in [-0.39, 0.29) is 17.9 Å². The summed E-state index contributed by atoms with van der Waals surface area (Å²) in [5.41, 5.74) is -0.987. The summed E-state index contributed by atoms with van der Waals surface area (Å²) in [6.07, 6.45) is -6.04. The summed E-state index contributed by atoms with van der Waals surface area (Å²) in [5.74, 6) is -0.549. The van der Waals surface area contributed by atoms with Crippen LogP contribution in [0.25, 0.3) is 5.69 Å². The highest BCUT2D eigenvalue weighted by atomic mass is 19.4. The van der Waals surface area contributed by atoms with Crippen LogP contribution in [0.15, 0.2) is 30.3 Å². The molecule has 21 heavy (non-hydrogen) atoms. The summed E-state index contributed by atoms with van der Waals surface area (Å²) in [6, 6.07) is 5.36. The van der Waals surface area contributed by atoms with E-state index in [2.05, 4.69) is 5.10 Å². The van der Waals surface area contributed by atoms with Crippen molar-refractivity contribution in [1.82, 2.24) is 15.1 Å². The Balaban J connectivity index is 2.43. The van der Waals surface area contributed by atoms with E-state index in [9.17, 15) is 22.4 Å². The Morgan fingerprint density at radius 2 is 1.90 bits per heavy atom. The summed E-state index contributed by atoms with van der Waals surface area (Å²) in [7, 11) is 0. The Morgan fingerprint density at radius 3 is 2.43 bits per heavy atom. The molecule has 0 unspecified atom stereocenters. The van der Waals surface area contributed by atoms with Crippen molar-refractivity contribution in [3.05, 3.63) is 47.5 Å². The van der Waals surface area contributed by atoms with Gasteiger partial charge in [-0.3, -0.25) is 0 Å². The quantitative estimate of drug-likeness (QED) is 0.857. The molecule has 0 spiro atoms. The lowest BCUT2D eigenvalue weighted by molar-refractivity contribution is -0.141. The van der Waals surface area contributed by atoms with Crippen molar-refractivity contribution in [2.45, 2.75) is 12.7 Å². The van der Waals surface area contributed by atoms with Crippen LogP contribution in [-0.2, 0) is 12.7 Å². The molecule has 2 aromatic rings. The Hall–Kier alpha value is -2.58. The van der Waals surface area contributed by atoms with Gasteiger partial charge in [-0.1, -0.05) is 0 Å². The van der Waals surface area contributed by atoms with E-state index in [1.807, 2.05) is 5.32 Å². The molecule has 5 nitrogen and oxygen atoms in total. The monoisotopic (exact) mass is 303 g/mol. The fourth-order valence-corrected chi connectivity index (χ4v) is 1.66. The van der Waals surface area contributed by atoms with Gasteiger partial charge in [-0.05, 0) is 30.3 Å². The highest BCUT2D eigenvalue weighted by Crippen LogP contribution is 2.29. The first-order chi connectivity index (χ1) is 9.77. The van der Waals surface area contributed by atoms with Gasteiger partial charge >= 0.3 is 12.3 Å². The third kappa shape index (κ3) is 3.50. The van der Waals surface area contributed by atoms with Crippen LogP contribution < -0.4 is 5.32 Å². The van der Waals surface area contributed by atoms with Crippen LogP contribution in [0.5, 0.6) is 0 Å². The fraction of sp³-hybridized carbons (Fsp3) is 0.167. The van der Waals surface area contributed by atoms with Gasteiger partial charge in [0.1, 0.15) is 5.82 Å². The number of aromatic nitrogens is 2. The molecular formula is C12H9F4N3O2. The third-order valence-corrected chi connectivity index (χ3v) is 2.57. The maximum absolute atomic E-state index is 12.9. The molecule has 1 heterocycles. The van der Waals surface area contributed by atoms with Gasteiger partial charge in [0.05, 0.1) is 17.9 Å². The topological polar surface area (TPSA) is 67.2 Å². The lowest BCUT2D eigenvalue weighted by Gasteiger charge is -2.07. The van der Waals surface area contributed by atoms with Gasteiger partial charge in [-0.15, -0.1) is 0 Å². The van der Waals surface area contributed by atoms with E-state index in [0.717, 1.165) is 22.9 Å².